The number of fused-ring (bicyclic) bond motifs is 1. The number of aromatic nitrogens is 2. The Kier molecular flexibility index (Phi) is 6.27. The van der Waals surface area contributed by atoms with Gasteiger partial charge < -0.3 is 5.32 Å². The average Bonchev–Trinajstić information content (AvgIpc) is 3.55. The minimum Gasteiger partial charge on any atom is -0.300 e. The molecule has 1 amide bonds. The van der Waals surface area contributed by atoms with Crippen molar-refractivity contribution in [3.63, 3.8) is 0 Å². The van der Waals surface area contributed by atoms with Crippen LogP contribution in [0.4, 0.5) is 5.13 Å². The first-order chi connectivity index (χ1) is 15.3. The molecule has 1 heterocycles. The van der Waals surface area contributed by atoms with Gasteiger partial charge in [-0.3, -0.25) is 9.69 Å². The molecule has 2 saturated carbocycles. The fraction of sp³-hybridized carbons (Fsp3) is 0.480. The first kappa shape index (κ1) is 20.6. The zero-order valence-corrected chi connectivity index (χ0v) is 18.7. The standard InChI is InChI=1S/C25H30N4OS/c30-23(26-25-28-27-24(31-25)19-8-2-1-3-9-19)15-16-29(21-13-14-21)17-20-11-6-10-18-7-4-5-12-22(18)20/h4-7,10-12,19,21H,1-3,8-9,13-17H2,(H,26,28,30). The van der Waals surface area contributed by atoms with Crippen molar-refractivity contribution in [1.29, 1.82) is 0 Å². The van der Waals surface area contributed by atoms with E-state index in [0.717, 1.165) is 18.1 Å². The molecule has 0 aliphatic heterocycles. The summed E-state index contributed by atoms with van der Waals surface area (Å²) in [6, 6.07) is 15.7. The molecule has 1 N–H and O–H groups in total. The van der Waals surface area contributed by atoms with E-state index in [1.807, 2.05) is 0 Å². The molecule has 0 radical (unpaired) electrons. The summed E-state index contributed by atoms with van der Waals surface area (Å²) in [6.45, 7) is 1.66. The van der Waals surface area contributed by atoms with Gasteiger partial charge in [-0.15, -0.1) is 10.2 Å². The molecule has 2 aliphatic rings. The van der Waals surface area contributed by atoms with E-state index in [2.05, 4.69) is 62.9 Å². The quantitative estimate of drug-likeness (QED) is 0.492. The van der Waals surface area contributed by atoms with E-state index in [9.17, 15) is 4.79 Å². The lowest BCUT2D eigenvalue weighted by atomic mass is 9.90. The van der Waals surface area contributed by atoms with Crippen LogP contribution in [0.15, 0.2) is 42.5 Å². The molecule has 0 unspecified atom stereocenters. The summed E-state index contributed by atoms with van der Waals surface area (Å²) in [5.74, 6) is 0.567. The Morgan fingerprint density at radius 2 is 1.81 bits per heavy atom. The van der Waals surface area contributed by atoms with Crippen LogP contribution in [0.25, 0.3) is 10.8 Å². The predicted octanol–water partition coefficient (Wildman–Crippen LogP) is 5.73. The monoisotopic (exact) mass is 434 g/mol. The molecular formula is C25H30N4OS. The molecule has 3 aromatic rings. The normalized spacial score (nSPS) is 17.3. The fourth-order valence-electron chi connectivity index (χ4n) is 4.71. The lowest BCUT2D eigenvalue weighted by Crippen LogP contribution is -2.29. The summed E-state index contributed by atoms with van der Waals surface area (Å²) in [7, 11) is 0. The van der Waals surface area contributed by atoms with E-state index < -0.39 is 0 Å². The van der Waals surface area contributed by atoms with Crippen molar-refractivity contribution in [2.75, 3.05) is 11.9 Å². The Balaban J connectivity index is 1.18. The van der Waals surface area contributed by atoms with Gasteiger partial charge in [-0.05, 0) is 42.0 Å². The van der Waals surface area contributed by atoms with E-state index >= 15 is 0 Å². The molecule has 2 aliphatic carbocycles. The van der Waals surface area contributed by atoms with Gasteiger partial charge in [-0.1, -0.05) is 73.1 Å². The molecule has 0 spiro atoms. The summed E-state index contributed by atoms with van der Waals surface area (Å²) in [5, 5.41) is 15.9. The molecule has 5 rings (SSSR count). The number of rotatable bonds is 8. The highest BCUT2D eigenvalue weighted by molar-refractivity contribution is 7.15. The topological polar surface area (TPSA) is 58.1 Å². The van der Waals surface area contributed by atoms with Crippen molar-refractivity contribution >= 4 is 33.1 Å². The van der Waals surface area contributed by atoms with Gasteiger partial charge >= 0.3 is 0 Å². The molecule has 2 fully saturated rings. The Morgan fingerprint density at radius 1 is 1.00 bits per heavy atom. The Morgan fingerprint density at radius 3 is 2.65 bits per heavy atom. The highest BCUT2D eigenvalue weighted by Gasteiger charge is 2.29. The predicted molar refractivity (Wildman–Crippen MR) is 126 cm³/mol. The molecule has 162 valence electrons. The molecule has 0 atom stereocenters. The number of hydrogen-bond acceptors (Lipinski definition) is 5. The van der Waals surface area contributed by atoms with Gasteiger partial charge in [0, 0.05) is 31.5 Å². The average molecular weight is 435 g/mol. The number of nitrogens with zero attached hydrogens (tertiary/aromatic N) is 3. The van der Waals surface area contributed by atoms with Crippen LogP contribution in [0.2, 0.25) is 0 Å². The van der Waals surface area contributed by atoms with E-state index in [-0.39, 0.29) is 5.91 Å². The second-order valence-electron chi connectivity index (χ2n) is 8.92. The van der Waals surface area contributed by atoms with Crippen molar-refractivity contribution in [3.8, 4) is 0 Å². The van der Waals surface area contributed by atoms with E-state index in [1.165, 1.54) is 61.3 Å². The summed E-state index contributed by atoms with van der Waals surface area (Å²) in [6.07, 6.45) is 9.23. The van der Waals surface area contributed by atoms with Crippen molar-refractivity contribution in [2.45, 2.75) is 69.9 Å². The second-order valence-corrected chi connectivity index (χ2v) is 9.93. The van der Waals surface area contributed by atoms with Crippen LogP contribution < -0.4 is 5.32 Å². The molecule has 31 heavy (non-hydrogen) atoms. The van der Waals surface area contributed by atoms with Gasteiger partial charge in [0.1, 0.15) is 5.01 Å². The summed E-state index contributed by atoms with van der Waals surface area (Å²) in [5.41, 5.74) is 1.34. The van der Waals surface area contributed by atoms with Crippen LogP contribution in [0.3, 0.4) is 0 Å². The molecule has 6 heteroatoms. The largest absolute Gasteiger partial charge is 0.300 e. The van der Waals surface area contributed by atoms with E-state index in [0.29, 0.717) is 23.5 Å². The van der Waals surface area contributed by atoms with Crippen molar-refractivity contribution in [1.82, 2.24) is 15.1 Å². The number of carbonyl (C=O) groups excluding carboxylic acids is 1. The highest BCUT2D eigenvalue weighted by atomic mass is 32.1. The van der Waals surface area contributed by atoms with Gasteiger partial charge in [0.15, 0.2) is 0 Å². The van der Waals surface area contributed by atoms with Crippen molar-refractivity contribution < 1.29 is 4.79 Å². The molecule has 5 nitrogen and oxygen atoms in total. The molecule has 0 saturated heterocycles. The van der Waals surface area contributed by atoms with Gasteiger partial charge in [-0.25, -0.2) is 0 Å². The Hall–Kier alpha value is -2.31. The molecular weight excluding hydrogens is 404 g/mol. The first-order valence-electron chi connectivity index (χ1n) is 11.6. The second kappa shape index (κ2) is 9.45. The van der Waals surface area contributed by atoms with Gasteiger partial charge in [-0.2, -0.15) is 0 Å². The van der Waals surface area contributed by atoms with Crippen LogP contribution in [0.5, 0.6) is 0 Å². The number of benzene rings is 2. The van der Waals surface area contributed by atoms with E-state index in [4.69, 9.17) is 0 Å². The van der Waals surface area contributed by atoms with Crippen molar-refractivity contribution in [2.24, 2.45) is 0 Å². The maximum Gasteiger partial charge on any atom is 0.227 e. The lowest BCUT2D eigenvalue weighted by Gasteiger charge is -2.22. The molecule has 0 bridgehead atoms. The van der Waals surface area contributed by atoms with Crippen LogP contribution in [-0.4, -0.2) is 33.6 Å². The minimum atomic E-state index is 0.0370. The van der Waals surface area contributed by atoms with Gasteiger partial charge in [0.05, 0.1) is 0 Å². The van der Waals surface area contributed by atoms with Crippen LogP contribution in [0, 0.1) is 0 Å². The Bertz CT molecular complexity index is 1030. The zero-order chi connectivity index (χ0) is 21.0. The smallest absolute Gasteiger partial charge is 0.227 e. The minimum absolute atomic E-state index is 0.0370. The first-order valence-corrected chi connectivity index (χ1v) is 12.4. The third-order valence-electron chi connectivity index (χ3n) is 6.58. The zero-order valence-electron chi connectivity index (χ0n) is 17.9. The lowest BCUT2D eigenvalue weighted by molar-refractivity contribution is -0.116. The number of amides is 1. The van der Waals surface area contributed by atoms with Crippen LogP contribution in [-0.2, 0) is 11.3 Å². The van der Waals surface area contributed by atoms with Gasteiger partial charge in [0.25, 0.3) is 0 Å². The summed E-state index contributed by atoms with van der Waals surface area (Å²) >= 11 is 1.56. The Labute approximate surface area is 187 Å². The van der Waals surface area contributed by atoms with Crippen LogP contribution >= 0.6 is 11.3 Å². The number of anilines is 1. The number of carbonyl (C=O) groups is 1. The molecule has 2 aromatic carbocycles. The summed E-state index contributed by atoms with van der Waals surface area (Å²) in [4.78, 5) is 15.1. The van der Waals surface area contributed by atoms with Gasteiger partial charge in [0.2, 0.25) is 11.0 Å². The fourth-order valence-corrected chi connectivity index (χ4v) is 5.63. The highest BCUT2D eigenvalue weighted by Crippen LogP contribution is 2.35. The van der Waals surface area contributed by atoms with E-state index in [1.54, 1.807) is 11.3 Å². The SMILES string of the molecule is O=C(CCN(Cc1cccc2ccccc12)C1CC1)Nc1nnc(C2CCCCC2)s1. The maximum atomic E-state index is 12.6. The van der Waals surface area contributed by atoms with Crippen LogP contribution in [0.1, 0.15) is 67.9 Å². The third-order valence-corrected chi connectivity index (χ3v) is 7.59. The molecule has 1 aromatic heterocycles. The maximum absolute atomic E-state index is 12.6. The number of hydrogen-bond donors (Lipinski definition) is 1. The summed E-state index contributed by atoms with van der Waals surface area (Å²) < 4.78 is 0. The number of nitrogens with one attached hydrogen (secondary N) is 1. The third kappa shape index (κ3) is 5.13. The van der Waals surface area contributed by atoms with Crippen molar-refractivity contribution in [3.05, 3.63) is 53.0 Å².